The molecule has 0 bridgehead atoms. The van der Waals surface area contributed by atoms with Gasteiger partial charge >= 0.3 is 0 Å². The highest BCUT2D eigenvalue weighted by Crippen LogP contribution is 2.42. The third-order valence-electron chi connectivity index (χ3n) is 3.39. The number of nitrogens with zero attached hydrogens (tertiary/aromatic N) is 2. The van der Waals surface area contributed by atoms with Crippen LogP contribution < -0.4 is 0 Å². The predicted octanol–water partition coefficient (Wildman–Crippen LogP) is 4.73. The molecule has 20 heavy (non-hydrogen) atoms. The van der Waals surface area contributed by atoms with Crippen LogP contribution in [0.4, 0.5) is 0 Å². The number of fused-ring (bicyclic) bond motifs is 5. The molecule has 2 aromatic carbocycles. The van der Waals surface area contributed by atoms with Crippen LogP contribution in [0.1, 0.15) is 5.69 Å². The quantitative estimate of drug-likeness (QED) is 0.467. The Morgan fingerprint density at radius 1 is 0.950 bits per heavy atom. The van der Waals surface area contributed by atoms with E-state index in [2.05, 4.69) is 65.0 Å². The Balaban J connectivity index is 0.00000121. The number of halogens is 1. The minimum Gasteiger partial charge on any atom is -0.296 e. The van der Waals surface area contributed by atoms with Gasteiger partial charge in [-0.05, 0) is 25.1 Å². The van der Waals surface area contributed by atoms with Gasteiger partial charge in [-0.3, -0.25) is 4.57 Å². The van der Waals surface area contributed by atoms with E-state index in [1.165, 1.54) is 26.7 Å². The molecule has 0 saturated heterocycles. The van der Waals surface area contributed by atoms with Gasteiger partial charge in [0.1, 0.15) is 5.82 Å². The summed E-state index contributed by atoms with van der Waals surface area (Å²) >= 11 is 1.81. The zero-order chi connectivity index (χ0) is 12.8. The SMILES string of the molecule is Cc1cnc2n1-c1ccccc1Sc1ccccc1-2.Cl. The molecule has 1 aromatic heterocycles. The second-order valence-electron chi connectivity index (χ2n) is 4.62. The average Bonchev–Trinajstić information content (AvgIpc) is 2.75. The van der Waals surface area contributed by atoms with Gasteiger partial charge in [0.15, 0.2) is 0 Å². The summed E-state index contributed by atoms with van der Waals surface area (Å²) in [5.74, 6) is 1.03. The summed E-state index contributed by atoms with van der Waals surface area (Å²) in [7, 11) is 0. The molecule has 0 spiro atoms. The molecule has 0 unspecified atom stereocenters. The minimum atomic E-state index is 0. The fourth-order valence-corrected chi connectivity index (χ4v) is 3.58. The monoisotopic (exact) mass is 300 g/mol. The van der Waals surface area contributed by atoms with Crippen LogP contribution in [0.2, 0.25) is 0 Å². The molecule has 4 rings (SSSR count). The van der Waals surface area contributed by atoms with Crippen molar-refractivity contribution in [1.82, 2.24) is 9.55 Å². The molecule has 100 valence electrons. The molecule has 2 heterocycles. The number of aryl methyl sites for hydroxylation is 1. The molecule has 1 aliphatic rings. The normalized spacial score (nSPS) is 11.7. The first-order valence-electron chi connectivity index (χ1n) is 6.25. The Kier molecular flexibility index (Phi) is 3.32. The minimum absolute atomic E-state index is 0. The zero-order valence-corrected chi connectivity index (χ0v) is 12.5. The largest absolute Gasteiger partial charge is 0.296 e. The molecular weight excluding hydrogens is 288 g/mol. The predicted molar refractivity (Wildman–Crippen MR) is 85.1 cm³/mol. The maximum Gasteiger partial charge on any atom is 0.145 e. The van der Waals surface area contributed by atoms with Crippen molar-refractivity contribution in [2.24, 2.45) is 0 Å². The van der Waals surface area contributed by atoms with Crippen LogP contribution in [0, 0.1) is 6.92 Å². The maximum absolute atomic E-state index is 4.61. The van der Waals surface area contributed by atoms with E-state index in [1.807, 2.05) is 18.0 Å². The summed E-state index contributed by atoms with van der Waals surface area (Å²) in [4.78, 5) is 7.14. The number of hydrogen-bond donors (Lipinski definition) is 0. The van der Waals surface area contributed by atoms with E-state index in [0.717, 1.165) is 5.82 Å². The maximum atomic E-state index is 4.61. The number of rotatable bonds is 0. The average molecular weight is 301 g/mol. The van der Waals surface area contributed by atoms with Crippen LogP contribution in [-0.2, 0) is 0 Å². The van der Waals surface area contributed by atoms with Crippen molar-refractivity contribution >= 4 is 24.2 Å². The summed E-state index contributed by atoms with van der Waals surface area (Å²) in [6, 6.07) is 17.0. The van der Waals surface area contributed by atoms with Gasteiger partial charge in [0.25, 0.3) is 0 Å². The molecule has 4 heteroatoms. The summed E-state index contributed by atoms with van der Waals surface area (Å²) in [5, 5.41) is 0. The standard InChI is InChI=1S/C16H12N2S.ClH/c1-11-10-17-16-12-6-2-4-8-14(12)19-15-9-5-3-7-13(15)18(11)16;/h2-10H,1H3;1H. The molecule has 0 amide bonds. The molecule has 2 nitrogen and oxygen atoms in total. The smallest absolute Gasteiger partial charge is 0.145 e. The van der Waals surface area contributed by atoms with Crippen LogP contribution in [0.25, 0.3) is 17.1 Å². The van der Waals surface area contributed by atoms with Crippen LogP contribution in [-0.4, -0.2) is 9.55 Å². The van der Waals surface area contributed by atoms with Crippen molar-refractivity contribution in [3.63, 3.8) is 0 Å². The third-order valence-corrected chi connectivity index (χ3v) is 4.53. The summed E-state index contributed by atoms with van der Waals surface area (Å²) in [5.41, 5.74) is 3.59. The second kappa shape index (κ2) is 5.00. The second-order valence-corrected chi connectivity index (χ2v) is 5.71. The van der Waals surface area contributed by atoms with E-state index < -0.39 is 0 Å². The summed E-state index contributed by atoms with van der Waals surface area (Å²) in [6.07, 6.45) is 1.94. The summed E-state index contributed by atoms with van der Waals surface area (Å²) < 4.78 is 2.24. The van der Waals surface area contributed by atoms with Gasteiger partial charge in [0, 0.05) is 27.2 Å². The van der Waals surface area contributed by atoms with Gasteiger partial charge in [0.2, 0.25) is 0 Å². The Morgan fingerprint density at radius 3 is 2.50 bits per heavy atom. The molecule has 0 N–H and O–H groups in total. The van der Waals surface area contributed by atoms with Gasteiger partial charge in [0.05, 0.1) is 5.69 Å². The number of imidazole rings is 1. The van der Waals surface area contributed by atoms with Crippen LogP contribution >= 0.6 is 24.2 Å². The number of aromatic nitrogens is 2. The van der Waals surface area contributed by atoms with E-state index >= 15 is 0 Å². The van der Waals surface area contributed by atoms with E-state index in [0.29, 0.717) is 0 Å². The molecule has 3 aromatic rings. The Hall–Kier alpha value is -1.71. The van der Waals surface area contributed by atoms with E-state index in [4.69, 9.17) is 0 Å². The first kappa shape index (κ1) is 13.3. The third kappa shape index (κ3) is 1.86. The number of para-hydroxylation sites is 1. The van der Waals surface area contributed by atoms with Crippen LogP contribution in [0.3, 0.4) is 0 Å². The van der Waals surface area contributed by atoms with Crippen molar-refractivity contribution in [3.05, 3.63) is 60.4 Å². The first-order valence-corrected chi connectivity index (χ1v) is 7.07. The molecular formula is C16H13ClN2S. The van der Waals surface area contributed by atoms with Gasteiger partial charge < -0.3 is 0 Å². The highest BCUT2D eigenvalue weighted by atomic mass is 35.5. The lowest BCUT2D eigenvalue weighted by Gasteiger charge is -2.10. The number of benzene rings is 2. The van der Waals surface area contributed by atoms with E-state index in [1.54, 1.807) is 0 Å². The Labute approximate surface area is 128 Å². The van der Waals surface area contributed by atoms with Gasteiger partial charge in [-0.25, -0.2) is 4.98 Å². The van der Waals surface area contributed by atoms with E-state index in [9.17, 15) is 0 Å². The molecule has 0 radical (unpaired) electrons. The lowest BCUT2D eigenvalue weighted by Crippen LogP contribution is -1.99. The Morgan fingerprint density at radius 2 is 1.65 bits per heavy atom. The van der Waals surface area contributed by atoms with Gasteiger partial charge in [-0.2, -0.15) is 0 Å². The van der Waals surface area contributed by atoms with Crippen molar-refractivity contribution in [1.29, 1.82) is 0 Å². The molecule has 0 saturated carbocycles. The lowest BCUT2D eigenvalue weighted by molar-refractivity contribution is 0.989. The van der Waals surface area contributed by atoms with Crippen LogP contribution in [0.15, 0.2) is 64.5 Å². The van der Waals surface area contributed by atoms with E-state index in [-0.39, 0.29) is 12.4 Å². The molecule has 0 atom stereocenters. The lowest BCUT2D eigenvalue weighted by atomic mass is 10.2. The zero-order valence-electron chi connectivity index (χ0n) is 10.9. The molecule has 0 fully saturated rings. The number of hydrogen-bond acceptors (Lipinski definition) is 2. The highest BCUT2D eigenvalue weighted by Gasteiger charge is 2.21. The van der Waals surface area contributed by atoms with Gasteiger partial charge in [-0.1, -0.05) is 42.1 Å². The molecule has 0 aliphatic carbocycles. The topological polar surface area (TPSA) is 17.8 Å². The van der Waals surface area contributed by atoms with Crippen molar-refractivity contribution in [2.45, 2.75) is 16.7 Å². The van der Waals surface area contributed by atoms with Crippen molar-refractivity contribution in [3.8, 4) is 17.1 Å². The fraction of sp³-hybridized carbons (Fsp3) is 0.0625. The first-order chi connectivity index (χ1) is 9.34. The fourth-order valence-electron chi connectivity index (χ4n) is 2.52. The molecule has 1 aliphatic heterocycles. The van der Waals surface area contributed by atoms with Crippen molar-refractivity contribution < 1.29 is 0 Å². The Bertz CT molecular complexity index is 780. The highest BCUT2D eigenvalue weighted by molar-refractivity contribution is 7.99. The van der Waals surface area contributed by atoms with Crippen LogP contribution in [0.5, 0.6) is 0 Å². The van der Waals surface area contributed by atoms with Crippen molar-refractivity contribution in [2.75, 3.05) is 0 Å². The summed E-state index contributed by atoms with van der Waals surface area (Å²) in [6.45, 7) is 2.10. The van der Waals surface area contributed by atoms with Gasteiger partial charge in [-0.15, -0.1) is 12.4 Å².